The number of imide groups is 1. The second-order valence-electron chi connectivity index (χ2n) is 6.53. The Bertz CT molecular complexity index is 660. The van der Waals surface area contributed by atoms with Crippen molar-refractivity contribution in [1.82, 2.24) is 9.80 Å². The standard InChI is InChI=1S/C16H16N2O4/c19-13-11-3-1-2-4-12(11)14(20)17(13)8-10-7-16(5-6-16)9-18(10)15(21)22/h1-4,10H,5-9H2,(H,21,22). The maximum absolute atomic E-state index is 12.4. The third kappa shape index (κ3) is 1.83. The van der Waals surface area contributed by atoms with Crippen LogP contribution in [0.3, 0.4) is 0 Å². The second kappa shape index (κ2) is 4.32. The lowest BCUT2D eigenvalue weighted by Crippen LogP contribution is -2.44. The molecule has 6 nitrogen and oxygen atoms in total. The first-order valence-electron chi connectivity index (χ1n) is 7.46. The molecule has 1 unspecified atom stereocenters. The predicted molar refractivity (Wildman–Crippen MR) is 76.6 cm³/mol. The highest BCUT2D eigenvalue weighted by molar-refractivity contribution is 6.21. The number of carboxylic acid groups (broad SMARTS) is 1. The van der Waals surface area contributed by atoms with Crippen molar-refractivity contribution in [2.45, 2.75) is 25.3 Å². The summed E-state index contributed by atoms with van der Waals surface area (Å²) in [6.45, 7) is 0.677. The normalized spacial score (nSPS) is 25.0. The monoisotopic (exact) mass is 300 g/mol. The molecule has 2 fully saturated rings. The highest BCUT2D eigenvalue weighted by Crippen LogP contribution is 2.54. The van der Waals surface area contributed by atoms with Gasteiger partial charge in [-0.15, -0.1) is 0 Å². The molecular weight excluding hydrogens is 284 g/mol. The van der Waals surface area contributed by atoms with Crippen LogP contribution < -0.4 is 0 Å². The summed E-state index contributed by atoms with van der Waals surface area (Å²) in [7, 11) is 0. The van der Waals surface area contributed by atoms with Crippen LogP contribution in [0.5, 0.6) is 0 Å². The number of hydrogen-bond acceptors (Lipinski definition) is 3. The van der Waals surface area contributed by atoms with E-state index in [4.69, 9.17) is 0 Å². The lowest BCUT2D eigenvalue weighted by atomic mass is 10.0. The number of carbonyl (C=O) groups is 3. The van der Waals surface area contributed by atoms with Gasteiger partial charge in [-0.25, -0.2) is 4.79 Å². The van der Waals surface area contributed by atoms with Crippen LogP contribution in [0.25, 0.3) is 0 Å². The minimum Gasteiger partial charge on any atom is -0.465 e. The molecule has 1 N–H and O–H groups in total. The van der Waals surface area contributed by atoms with Crippen molar-refractivity contribution in [2.24, 2.45) is 5.41 Å². The molecule has 114 valence electrons. The molecule has 1 aromatic rings. The molecule has 3 amide bonds. The van der Waals surface area contributed by atoms with Gasteiger partial charge in [0.15, 0.2) is 0 Å². The first-order valence-corrected chi connectivity index (χ1v) is 7.46. The summed E-state index contributed by atoms with van der Waals surface area (Å²) < 4.78 is 0. The van der Waals surface area contributed by atoms with Crippen LogP contribution in [0.2, 0.25) is 0 Å². The highest BCUT2D eigenvalue weighted by atomic mass is 16.4. The Morgan fingerprint density at radius 3 is 2.27 bits per heavy atom. The smallest absolute Gasteiger partial charge is 0.407 e. The Morgan fingerprint density at radius 2 is 1.77 bits per heavy atom. The molecule has 1 atom stereocenters. The third-order valence-electron chi connectivity index (χ3n) is 5.09. The number of rotatable bonds is 2. The molecular formula is C16H16N2O4. The summed E-state index contributed by atoms with van der Waals surface area (Å²) in [6.07, 6.45) is 1.85. The molecule has 1 aliphatic carbocycles. The van der Waals surface area contributed by atoms with Crippen LogP contribution in [0.1, 0.15) is 40.0 Å². The van der Waals surface area contributed by atoms with Gasteiger partial charge in [0, 0.05) is 13.1 Å². The van der Waals surface area contributed by atoms with Crippen LogP contribution in [0.4, 0.5) is 4.79 Å². The molecule has 0 aromatic heterocycles. The third-order valence-corrected chi connectivity index (χ3v) is 5.09. The Morgan fingerprint density at radius 1 is 1.18 bits per heavy atom. The zero-order valence-corrected chi connectivity index (χ0v) is 12.0. The van der Waals surface area contributed by atoms with E-state index < -0.39 is 6.09 Å². The van der Waals surface area contributed by atoms with E-state index in [-0.39, 0.29) is 29.8 Å². The fourth-order valence-electron chi connectivity index (χ4n) is 3.71. The number of fused-ring (bicyclic) bond motifs is 1. The Hall–Kier alpha value is -2.37. The van der Waals surface area contributed by atoms with Gasteiger partial charge in [-0.2, -0.15) is 0 Å². The van der Waals surface area contributed by atoms with Crippen molar-refractivity contribution < 1.29 is 19.5 Å². The van der Waals surface area contributed by atoms with Gasteiger partial charge >= 0.3 is 6.09 Å². The molecule has 6 heteroatoms. The minimum absolute atomic E-state index is 0.0989. The first kappa shape index (κ1) is 13.3. The fourth-order valence-corrected chi connectivity index (χ4v) is 3.71. The Labute approximate surface area is 127 Å². The number of likely N-dealkylation sites (tertiary alicyclic amines) is 1. The van der Waals surface area contributed by atoms with E-state index in [2.05, 4.69) is 0 Å². The van der Waals surface area contributed by atoms with Gasteiger partial charge in [-0.3, -0.25) is 14.5 Å². The van der Waals surface area contributed by atoms with Gasteiger partial charge in [0.1, 0.15) is 0 Å². The largest absolute Gasteiger partial charge is 0.465 e. The zero-order chi connectivity index (χ0) is 15.5. The summed E-state index contributed by atoms with van der Waals surface area (Å²) in [4.78, 5) is 38.8. The van der Waals surface area contributed by atoms with Crippen LogP contribution in [0, 0.1) is 5.41 Å². The molecule has 0 radical (unpaired) electrons. The highest BCUT2D eigenvalue weighted by Gasteiger charge is 2.54. The maximum Gasteiger partial charge on any atom is 0.407 e. The van der Waals surface area contributed by atoms with Crippen molar-refractivity contribution in [2.75, 3.05) is 13.1 Å². The van der Waals surface area contributed by atoms with E-state index in [0.717, 1.165) is 19.3 Å². The van der Waals surface area contributed by atoms with Crippen LogP contribution in [-0.2, 0) is 0 Å². The molecule has 0 bridgehead atoms. The second-order valence-corrected chi connectivity index (χ2v) is 6.53. The van der Waals surface area contributed by atoms with E-state index in [9.17, 15) is 19.5 Å². The van der Waals surface area contributed by atoms with Crippen molar-refractivity contribution >= 4 is 17.9 Å². The van der Waals surface area contributed by atoms with Crippen molar-refractivity contribution in [3.8, 4) is 0 Å². The molecule has 1 spiro atoms. The molecule has 3 aliphatic rings. The number of carbonyl (C=O) groups excluding carboxylic acids is 2. The lowest BCUT2D eigenvalue weighted by molar-refractivity contribution is 0.0603. The summed E-state index contributed by atoms with van der Waals surface area (Å²) >= 11 is 0. The summed E-state index contributed by atoms with van der Waals surface area (Å²) in [6, 6.07) is 6.45. The topological polar surface area (TPSA) is 77.9 Å². The summed E-state index contributed by atoms with van der Waals surface area (Å²) in [5.74, 6) is -0.634. The Balaban J connectivity index is 1.58. The average Bonchev–Trinajstić information content (AvgIpc) is 3.09. The SMILES string of the molecule is O=C1c2ccccc2C(=O)N1CC1CC2(CC2)CN1C(=O)O. The minimum atomic E-state index is -0.967. The summed E-state index contributed by atoms with van der Waals surface area (Å²) in [5.41, 5.74) is 0.920. The lowest BCUT2D eigenvalue weighted by Gasteiger charge is -2.25. The first-order chi connectivity index (χ1) is 10.5. The van der Waals surface area contributed by atoms with Gasteiger partial charge in [0.25, 0.3) is 11.8 Å². The molecule has 1 saturated carbocycles. The van der Waals surface area contributed by atoms with Crippen LogP contribution in [-0.4, -0.2) is 51.9 Å². The van der Waals surface area contributed by atoms with Gasteiger partial charge < -0.3 is 10.0 Å². The number of amides is 3. The van der Waals surface area contributed by atoms with Crippen LogP contribution >= 0.6 is 0 Å². The number of nitrogens with zero attached hydrogens (tertiary/aromatic N) is 2. The molecule has 4 rings (SSSR count). The van der Waals surface area contributed by atoms with Gasteiger partial charge in [0.2, 0.25) is 0 Å². The Kier molecular flexibility index (Phi) is 2.61. The van der Waals surface area contributed by atoms with Crippen molar-refractivity contribution in [1.29, 1.82) is 0 Å². The molecule has 1 aromatic carbocycles. The van der Waals surface area contributed by atoms with Crippen LogP contribution in [0.15, 0.2) is 24.3 Å². The van der Waals surface area contributed by atoms with Gasteiger partial charge in [0.05, 0.1) is 17.2 Å². The van der Waals surface area contributed by atoms with E-state index in [1.807, 2.05) is 0 Å². The predicted octanol–water partition coefficient (Wildman–Crippen LogP) is 1.82. The summed E-state index contributed by atoms with van der Waals surface area (Å²) in [5, 5.41) is 9.36. The van der Waals surface area contributed by atoms with Gasteiger partial charge in [-0.05, 0) is 36.8 Å². The molecule has 1 saturated heterocycles. The van der Waals surface area contributed by atoms with Crippen molar-refractivity contribution in [3.05, 3.63) is 35.4 Å². The number of benzene rings is 1. The van der Waals surface area contributed by atoms with E-state index in [1.165, 1.54) is 9.80 Å². The number of hydrogen-bond donors (Lipinski definition) is 1. The molecule has 2 heterocycles. The van der Waals surface area contributed by atoms with E-state index in [1.54, 1.807) is 24.3 Å². The zero-order valence-electron chi connectivity index (χ0n) is 12.0. The van der Waals surface area contributed by atoms with E-state index in [0.29, 0.717) is 17.7 Å². The quantitative estimate of drug-likeness (QED) is 0.845. The van der Waals surface area contributed by atoms with Crippen molar-refractivity contribution in [3.63, 3.8) is 0 Å². The van der Waals surface area contributed by atoms with Gasteiger partial charge in [-0.1, -0.05) is 12.1 Å². The maximum atomic E-state index is 12.4. The average molecular weight is 300 g/mol. The molecule has 22 heavy (non-hydrogen) atoms. The fraction of sp³-hybridized carbons (Fsp3) is 0.438. The molecule has 2 aliphatic heterocycles. The van der Waals surface area contributed by atoms with E-state index >= 15 is 0 Å².